The van der Waals surface area contributed by atoms with Crippen LogP contribution in [0, 0.1) is 0 Å². The van der Waals surface area contributed by atoms with Crippen LogP contribution in [-0.2, 0) is 22.0 Å². The number of hydrogen-bond acceptors (Lipinski definition) is 4. The number of pyridine rings is 1. The van der Waals surface area contributed by atoms with Gasteiger partial charge in [-0.2, -0.15) is 0 Å². The Morgan fingerprint density at radius 1 is 1.00 bits per heavy atom. The van der Waals surface area contributed by atoms with Gasteiger partial charge in [-0.1, -0.05) is 68.3 Å². The van der Waals surface area contributed by atoms with Crippen molar-refractivity contribution in [3.63, 3.8) is 0 Å². The first-order chi connectivity index (χ1) is 18.3. The molecule has 1 aromatic heterocycles. The van der Waals surface area contributed by atoms with Crippen LogP contribution in [0.25, 0.3) is 0 Å². The fraction of sp³-hybridized carbons (Fsp3) is 0.485. The molecule has 3 aliphatic rings. The molecule has 200 valence electrons. The minimum Gasteiger partial charge on any atom is -0.413 e. The number of rotatable bonds is 9. The zero-order chi connectivity index (χ0) is 26.4. The molecule has 0 amide bonds. The first-order valence-electron chi connectivity index (χ1n) is 14.6. The molecule has 1 fully saturated rings. The highest BCUT2D eigenvalue weighted by molar-refractivity contribution is 6.71. The Bertz CT molecular complexity index is 1250. The molecule has 38 heavy (non-hydrogen) atoms. The van der Waals surface area contributed by atoms with Crippen molar-refractivity contribution in [3.05, 3.63) is 100 Å². The highest BCUT2D eigenvalue weighted by Gasteiger charge is 2.53. The largest absolute Gasteiger partial charge is 0.413 e. The fourth-order valence-corrected chi connectivity index (χ4v) is 9.24. The van der Waals surface area contributed by atoms with E-state index < -0.39 is 13.9 Å². The molecule has 1 aliphatic heterocycles. The minimum atomic E-state index is -1.66. The highest BCUT2D eigenvalue weighted by Crippen LogP contribution is 2.60. The molecule has 0 spiro atoms. The lowest BCUT2D eigenvalue weighted by Gasteiger charge is -2.42. The quantitative estimate of drug-likeness (QED) is 0.314. The summed E-state index contributed by atoms with van der Waals surface area (Å²) in [4.78, 5) is 7.11. The predicted molar refractivity (Wildman–Crippen MR) is 156 cm³/mol. The molecule has 5 heteroatoms. The maximum Gasteiger partial charge on any atom is 0.187 e. The van der Waals surface area contributed by atoms with Crippen LogP contribution < -0.4 is 0 Å². The Morgan fingerprint density at radius 2 is 1.66 bits per heavy atom. The number of aliphatic hydroxyl groups is 1. The lowest BCUT2D eigenvalue weighted by molar-refractivity contribution is -0.0292. The van der Waals surface area contributed by atoms with Gasteiger partial charge in [0.25, 0.3) is 0 Å². The molecular weight excluding hydrogens is 484 g/mol. The van der Waals surface area contributed by atoms with Crippen molar-refractivity contribution in [1.82, 2.24) is 9.88 Å². The van der Waals surface area contributed by atoms with Gasteiger partial charge in [-0.3, -0.25) is 4.98 Å². The Balaban J connectivity index is 1.15. The van der Waals surface area contributed by atoms with E-state index in [9.17, 15) is 5.11 Å². The number of aromatic nitrogens is 1. The Morgan fingerprint density at radius 3 is 2.32 bits per heavy atom. The smallest absolute Gasteiger partial charge is 0.187 e. The molecule has 3 aromatic rings. The summed E-state index contributed by atoms with van der Waals surface area (Å²) in [5, 5.41) is 11.7. The van der Waals surface area contributed by atoms with E-state index in [4.69, 9.17) is 4.43 Å². The number of nitrogens with zero attached hydrogens (tertiary/aromatic N) is 2. The van der Waals surface area contributed by atoms with Crippen LogP contribution in [0.2, 0.25) is 19.1 Å². The van der Waals surface area contributed by atoms with Crippen LogP contribution in [0.5, 0.6) is 0 Å². The van der Waals surface area contributed by atoms with Gasteiger partial charge in [-0.05, 0) is 72.3 Å². The third-order valence-electron chi connectivity index (χ3n) is 9.53. The fourth-order valence-electron chi connectivity index (χ4n) is 7.33. The lowest BCUT2D eigenvalue weighted by Crippen LogP contribution is -2.47. The predicted octanol–water partition coefficient (Wildman–Crippen LogP) is 6.72. The van der Waals surface area contributed by atoms with Crippen LogP contribution in [0.3, 0.4) is 0 Å². The van der Waals surface area contributed by atoms with Gasteiger partial charge in [-0.15, -0.1) is 0 Å². The number of unbranched alkanes of at least 4 members (excludes halogenated alkanes) is 1. The van der Waals surface area contributed by atoms with Crippen LogP contribution in [-0.4, -0.2) is 42.9 Å². The van der Waals surface area contributed by atoms with Crippen molar-refractivity contribution in [3.8, 4) is 0 Å². The zero-order valence-electron chi connectivity index (χ0n) is 23.2. The van der Waals surface area contributed by atoms with E-state index in [2.05, 4.69) is 84.5 Å². The molecule has 4 nitrogen and oxygen atoms in total. The van der Waals surface area contributed by atoms with Crippen LogP contribution in [0.15, 0.2) is 67.0 Å². The number of fused-ring (bicyclic) bond motifs is 8. The Labute approximate surface area is 229 Å². The molecule has 0 radical (unpaired) electrons. The van der Waals surface area contributed by atoms with E-state index in [-0.39, 0.29) is 5.41 Å². The van der Waals surface area contributed by atoms with Gasteiger partial charge in [0.15, 0.2) is 8.32 Å². The molecule has 0 atom stereocenters. The van der Waals surface area contributed by atoms with Gasteiger partial charge in [0.1, 0.15) is 0 Å². The van der Waals surface area contributed by atoms with Crippen molar-refractivity contribution < 1.29 is 9.53 Å². The number of hydrogen-bond donors (Lipinski definition) is 1. The van der Waals surface area contributed by atoms with Gasteiger partial charge in [0.2, 0.25) is 0 Å². The first-order valence-corrected chi connectivity index (χ1v) is 17.7. The molecule has 0 saturated carbocycles. The topological polar surface area (TPSA) is 45.6 Å². The van der Waals surface area contributed by atoms with E-state index in [1.165, 1.54) is 47.6 Å². The summed E-state index contributed by atoms with van der Waals surface area (Å²) in [6.45, 7) is 10.2. The van der Waals surface area contributed by atoms with Crippen molar-refractivity contribution in [2.45, 2.75) is 81.7 Å². The second-order valence-electron chi connectivity index (χ2n) is 12.6. The molecular formula is C33H42N2O2Si. The standard InChI is InChI=1S/C33H42N2O2Si/c1-4-5-18-38(2,3)37-23-25-19-26(22-34-21-25)33(36)14-16-35(17-15-33)24-32-20-29(27-10-6-8-12-30(27)32)28-11-7-9-13-31(28)32/h6-13,19,21-22,29,36H,4-5,14-18,20,23-24H2,1-3H3. The molecule has 0 unspecified atom stereocenters. The Hall–Kier alpha value is -2.31. The zero-order valence-corrected chi connectivity index (χ0v) is 24.2. The summed E-state index contributed by atoms with van der Waals surface area (Å²) >= 11 is 0. The molecule has 6 rings (SSSR count). The van der Waals surface area contributed by atoms with Gasteiger partial charge < -0.3 is 14.4 Å². The van der Waals surface area contributed by atoms with Gasteiger partial charge >= 0.3 is 0 Å². The van der Waals surface area contributed by atoms with Crippen molar-refractivity contribution in [2.75, 3.05) is 19.6 Å². The summed E-state index contributed by atoms with van der Waals surface area (Å²) in [5.41, 5.74) is 7.35. The molecule has 2 aromatic carbocycles. The van der Waals surface area contributed by atoms with Crippen molar-refractivity contribution in [2.24, 2.45) is 0 Å². The first kappa shape index (κ1) is 25.9. The van der Waals surface area contributed by atoms with Crippen LogP contribution in [0.1, 0.15) is 78.3 Å². The van der Waals surface area contributed by atoms with Gasteiger partial charge in [-0.25, -0.2) is 0 Å². The second-order valence-corrected chi connectivity index (χ2v) is 16.9. The molecule has 1 saturated heterocycles. The van der Waals surface area contributed by atoms with Crippen LogP contribution in [0.4, 0.5) is 0 Å². The maximum absolute atomic E-state index is 11.7. The molecule has 2 bridgehead atoms. The second kappa shape index (κ2) is 10.0. The number of piperidine rings is 1. The van der Waals surface area contributed by atoms with Gasteiger partial charge in [0.05, 0.1) is 12.2 Å². The summed E-state index contributed by atoms with van der Waals surface area (Å²) in [5.74, 6) is 0.523. The minimum absolute atomic E-state index is 0.0700. The van der Waals surface area contributed by atoms with E-state index in [0.29, 0.717) is 12.5 Å². The van der Waals surface area contributed by atoms with E-state index >= 15 is 0 Å². The normalized spacial score (nSPS) is 23.8. The summed E-state index contributed by atoms with van der Waals surface area (Å²) in [7, 11) is -1.66. The van der Waals surface area contributed by atoms with Crippen LogP contribution >= 0.6 is 0 Å². The van der Waals surface area contributed by atoms with Crippen molar-refractivity contribution in [1.29, 1.82) is 0 Å². The summed E-state index contributed by atoms with van der Waals surface area (Å²) in [6, 6.07) is 21.5. The van der Waals surface area contributed by atoms with Crippen molar-refractivity contribution >= 4 is 8.32 Å². The maximum atomic E-state index is 11.7. The SMILES string of the molecule is CCCC[Si](C)(C)OCc1cncc(C2(O)CCN(CC34CC(c5ccccc53)c3ccccc34)CC2)c1. The van der Waals surface area contributed by atoms with Gasteiger partial charge in [0, 0.05) is 48.9 Å². The molecule has 2 aliphatic carbocycles. The average Bonchev–Trinajstić information content (AvgIpc) is 3.45. The Kier molecular flexibility index (Phi) is 6.84. The molecule has 1 N–H and O–H groups in total. The highest BCUT2D eigenvalue weighted by atomic mass is 28.4. The third kappa shape index (κ3) is 4.58. The van der Waals surface area contributed by atoms with E-state index in [1.807, 2.05) is 12.4 Å². The lowest BCUT2D eigenvalue weighted by atomic mass is 9.74. The third-order valence-corrected chi connectivity index (χ3v) is 12.0. The number of likely N-dealkylation sites (tertiary alicyclic amines) is 1. The number of benzene rings is 2. The van der Waals surface area contributed by atoms with E-state index in [0.717, 1.165) is 43.6 Å². The summed E-state index contributed by atoms with van der Waals surface area (Å²) < 4.78 is 6.38. The van der Waals surface area contributed by atoms with E-state index in [1.54, 1.807) is 0 Å². The molecule has 2 heterocycles. The monoisotopic (exact) mass is 526 g/mol. The average molecular weight is 527 g/mol. The summed E-state index contributed by atoms with van der Waals surface area (Å²) in [6.07, 6.45) is 8.85.